The molecule has 4 heterocycles. The van der Waals surface area contributed by atoms with E-state index in [0.29, 0.717) is 56.9 Å². The number of ether oxygens (including phenoxy) is 2. The minimum Gasteiger partial charge on any atom is -0.492 e. The largest absolute Gasteiger partial charge is 0.492 e. The molecule has 446 valence electrons. The van der Waals surface area contributed by atoms with E-state index < -0.39 is 26.0 Å². The van der Waals surface area contributed by atoms with Gasteiger partial charge < -0.3 is 34.1 Å². The lowest BCUT2D eigenvalue weighted by Gasteiger charge is -2.24. The van der Waals surface area contributed by atoms with Gasteiger partial charge in [-0.3, -0.25) is 19.0 Å². The summed E-state index contributed by atoms with van der Waals surface area (Å²) in [7, 11) is 1.40. The van der Waals surface area contributed by atoms with Gasteiger partial charge in [-0.25, -0.2) is 36.2 Å². The van der Waals surface area contributed by atoms with Crippen LogP contribution in [-0.4, -0.2) is 119 Å². The molecule has 25 heteroatoms. The zero-order valence-electron chi connectivity index (χ0n) is 50.7. The van der Waals surface area contributed by atoms with E-state index in [-0.39, 0.29) is 45.7 Å². The molecule has 9 rings (SSSR count). The third kappa shape index (κ3) is 14.1. The van der Waals surface area contributed by atoms with Crippen LogP contribution in [0, 0.1) is 13.8 Å². The molecular formula is C59H75N15O8S2. The fourth-order valence-corrected chi connectivity index (χ4v) is 10.5. The number of nitrogens with zero attached hydrogens (tertiary/aromatic N) is 11. The van der Waals surface area contributed by atoms with Gasteiger partial charge in [0.15, 0.2) is 11.5 Å². The van der Waals surface area contributed by atoms with E-state index in [1.807, 2.05) is 117 Å². The zero-order valence-corrected chi connectivity index (χ0v) is 52.3. The highest BCUT2D eigenvalue weighted by atomic mass is 32.2. The summed E-state index contributed by atoms with van der Waals surface area (Å²) in [5, 5.41) is 23.3. The summed E-state index contributed by atoms with van der Waals surface area (Å²) in [4.78, 5) is 38.3. The number of benzene rings is 4. The smallest absolute Gasteiger partial charge is 0.255 e. The minimum atomic E-state index is -3.60. The van der Waals surface area contributed by atoms with Crippen LogP contribution in [0.15, 0.2) is 85.5 Å². The molecule has 1 aliphatic rings. The van der Waals surface area contributed by atoms with Gasteiger partial charge in [0.1, 0.15) is 22.9 Å². The first kappa shape index (κ1) is 61.5. The summed E-state index contributed by atoms with van der Waals surface area (Å²) in [6.45, 7) is 20.1. The molecule has 0 atom stereocenters. The Hall–Kier alpha value is -8.58. The van der Waals surface area contributed by atoms with Crippen molar-refractivity contribution in [3.63, 3.8) is 0 Å². The van der Waals surface area contributed by atoms with E-state index in [9.17, 15) is 26.4 Å². The summed E-state index contributed by atoms with van der Waals surface area (Å²) in [6.07, 6.45) is 11.8. The predicted molar refractivity (Wildman–Crippen MR) is 329 cm³/mol. The van der Waals surface area contributed by atoms with Gasteiger partial charge in [-0.05, 0) is 122 Å². The van der Waals surface area contributed by atoms with E-state index in [1.165, 1.54) is 14.2 Å². The zero-order chi connectivity index (χ0) is 61.5. The molecule has 23 nitrogen and oxygen atoms in total. The Morgan fingerprint density at radius 3 is 1.49 bits per heavy atom. The van der Waals surface area contributed by atoms with Gasteiger partial charge in [-0.1, -0.05) is 64.1 Å². The average Bonchev–Trinajstić information content (AvgIpc) is 3.10. The highest BCUT2D eigenvalue weighted by Crippen LogP contribution is 2.43. The van der Waals surface area contributed by atoms with E-state index in [1.54, 1.807) is 64.1 Å². The Morgan fingerprint density at radius 2 is 1.10 bits per heavy atom. The Balaban J connectivity index is 0.000000219. The molecule has 1 saturated carbocycles. The SMILES string of the molecule is COc1c(NC(=O)c2ccc(C)c(-n3cc(-c4cn(C)c(N(C)C)n4)nn3)c2)cc(C(C)(C)C)cc1NS(C)(=O)=O.COc1c(NC(=O)c2ccc(C)c(-n3cc(-c4cnc(C5CC5)n4C(C)C)nn3)c2)cc(C(C)(C)C)cc1NS(C)(=O)=O. The third-order valence-corrected chi connectivity index (χ3v) is 15.1. The number of amides is 2. The van der Waals surface area contributed by atoms with E-state index >= 15 is 0 Å². The van der Waals surface area contributed by atoms with Crippen LogP contribution in [0.2, 0.25) is 0 Å². The Kier molecular flexibility index (Phi) is 17.3. The molecule has 0 radical (unpaired) electrons. The summed E-state index contributed by atoms with van der Waals surface area (Å²) < 4.78 is 71.8. The normalized spacial score (nSPS) is 12.8. The summed E-state index contributed by atoms with van der Waals surface area (Å²) in [5.41, 5.74) is 9.00. The van der Waals surface area contributed by atoms with Crippen LogP contribution in [0.3, 0.4) is 0 Å². The molecule has 0 bridgehead atoms. The second-order valence-electron chi connectivity index (χ2n) is 23.6. The number of rotatable bonds is 17. The van der Waals surface area contributed by atoms with Crippen LogP contribution < -0.4 is 34.5 Å². The molecule has 84 heavy (non-hydrogen) atoms. The second-order valence-corrected chi connectivity index (χ2v) is 27.1. The number of methoxy groups -OCH3 is 2. The molecule has 1 fully saturated rings. The maximum Gasteiger partial charge on any atom is 0.255 e. The van der Waals surface area contributed by atoms with Crippen LogP contribution >= 0.6 is 0 Å². The number of hydrogen-bond donors (Lipinski definition) is 4. The minimum absolute atomic E-state index is 0.206. The van der Waals surface area contributed by atoms with Gasteiger partial charge in [-0.15, -0.1) is 10.2 Å². The van der Waals surface area contributed by atoms with Gasteiger partial charge in [0.2, 0.25) is 26.0 Å². The first-order valence-corrected chi connectivity index (χ1v) is 30.9. The van der Waals surface area contributed by atoms with Crippen molar-refractivity contribution in [2.45, 2.75) is 105 Å². The van der Waals surface area contributed by atoms with Gasteiger partial charge >= 0.3 is 0 Å². The van der Waals surface area contributed by atoms with Gasteiger partial charge in [0.05, 0.1) is 85.1 Å². The van der Waals surface area contributed by atoms with Crippen molar-refractivity contribution in [1.82, 2.24) is 49.1 Å². The Labute approximate surface area is 491 Å². The number of carbonyl (C=O) groups excluding carboxylic acids is 2. The molecule has 1 aliphatic carbocycles. The van der Waals surface area contributed by atoms with Gasteiger partial charge in [0.25, 0.3) is 11.8 Å². The topological polar surface area (TPSA) is 269 Å². The van der Waals surface area contributed by atoms with Crippen LogP contribution in [0.25, 0.3) is 34.2 Å². The number of anilines is 5. The molecule has 8 aromatic rings. The summed E-state index contributed by atoms with van der Waals surface area (Å²) >= 11 is 0. The van der Waals surface area contributed by atoms with Crippen molar-refractivity contribution >= 4 is 60.6 Å². The number of carbonyl (C=O) groups is 2. The van der Waals surface area contributed by atoms with Gasteiger partial charge in [-0.2, -0.15) is 0 Å². The Morgan fingerprint density at radius 1 is 0.655 bits per heavy atom. The highest BCUT2D eigenvalue weighted by molar-refractivity contribution is 7.92. The van der Waals surface area contributed by atoms with Crippen molar-refractivity contribution in [2.24, 2.45) is 7.05 Å². The van der Waals surface area contributed by atoms with Crippen LogP contribution in [0.4, 0.5) is 28.7 Å². The van der Waals surface area contributed by atoms with E-state index in [2.05, 4.69) is 64.1 Å². The molecule has 0 saturated heterocycles. The van der Waals surface area contributed by atoms with Crippen LogP contribution in [0.5, 0.6) is 11.5 Å². The van der Waals surface area contributed by atoms with E-state index in [4.69, 9.17) is 14.5 Å². The molecule has 4 aromatic carbocycles. The quantitative estimate of drug-likeness (QED) is 0.0661. The molecule has 2 amide bonds. The molecule has 0 spiro atoms. The van der Waals surface area contributed by atoms with Crippen LogP contribution in [0.1, 0.15) is 129 Å². The molecular weight excluding hydrogens is 1110 g/mol. The lowest BCUT2D eigenvalue weighted by molar-refractivity contribution is 0.101. The number of aryl methyl sites for hydroxylation is 3. The molecule has 0 unspecified atom stereocenters. The van der Waals surface area contributed by atoms with Crippen molar-refractivity contribution in [3.8, 4) is 45.6 Å². The maximum atomic E-state index is 13.6. The van der Waals surface area contributed by atoms with E-state index in [0.717, 1.165) is 65.1 Å². The van der Waals surface area contributed by atoms with Crippen LogP contribution in [-0.2, 0) is 37.9 Å². The lowest BCUT2D eigenvalue weighted by Crippen LogP contribution is -2.18. The van der Waals surface area contributed by atoms with Crippen molar-refractivity contribution in [3.05, 3.63) is 125 Å². The van der Waals surface area contributed by atoms with Crippen molar-refractivity contribution < 1.29 is 35.9 Å². The monoisotopic (exact) mass is 1190 g/mol. The standard InChI is InChI=1S/C31H39N7O4S.C28H36N8O4S/c1-18(2)38-27(16-32-29(38)20-11-12-20)25-17-37(36-34-25)26-13-21(10-9-19(26)3)30(39)33-23-14-22(31(4,5)6)15-24(28(23)42-7)35-43(8,40)41;1-17-10-11-18(12-24(17)36-16-23(31-33-36)22-15-35(7)27(30-22)34(5)6)26(37)29-20-13-19(28(2,3)4)14-21(25(20)40-8)32-41(9,38)39/h9-10,13-18,20,35H,11-12H2,1-8H3,(H,33,39);10-16,32H,1-9H3,(H,29,37). The first-order chi connectivity index (χ1) is 39.2. The fourth-order valence-electron chi connectivity index (χ4n) is 9.43. The number of nitrogens with one attached hydrogen (secondary N) is 4. The number of sulfonamides is 2. The highest BCUT2D eigenvalue weighted by Gasteiger charge is 2.31. The van der Waals surface area contributed by atoms with Crippen molar-refractivity contribution in [2.75, 3.05) is 65.8 Å². The molecule has 4 N–H and O–H groups in total. The Bertz CT molecular complexity index is 4030. The molecule has 0 aliphatic heterocycles. The third-order valence-electron chi connectivity index (χ3n) is 13.9. The van der Waals surface area contributed by atoms with Gasteiger partial charge in [0, 0.05) is 50.4 Å². The lowest BCUT2D eigenvalue weighted by atomic mass is 9.86. The predicted octanol–water partition coefficient (Wildman–Crippen LogP) is 9.80. The number of imidazole rings is 2. The fraction of sp³-hybridized carbons (Fsp3) is 0.390. The van der Waals surface area contributed by atoms with Crippen molar-refractivity contribution in [1.29, 1.82) is 0 Å². The maximum absolute atomic E-state index is 13.6. The summed E-state index contributed by atoms with van der Waals surface area (Å²) in [5.74, 6) is 2.01. The second kappa shape index (κ2) is 23.6. The molecule has 4 aromatic heterocycles. The average molecular weight is 1190 g/mol. The number of hydrogen-bond acceptors (Lipinski definition) is 15. The summed E-state index contributed by atoms with van der Waals surface area (Å²) in [6, 6.07) is 17.9. The first-order valence-electron chi connectivity index (χ1n) is 27.1. The number of aromatic nitrogens is 10.